The monoisotopic (exact) mass is 275 g/mol. The summed E-state index contributed by atoms with van der Waals surface area (Å²) in [6.07, 6.45) is 0. The van der Waals surface area contributed by atoms with Gasteiger partial charge in [-0.1, -0.05) is 11.8 Å². The van der Waals surface area contributed by atoms with Gasteiger partial charge in [0, 0.05) is 18.2 Å². The van der Waals surface area contributed by atoms with Crippen LogP contribution in [0.5, 0.6) is 0 Å². The Morgan fingerprint density at radius 3 is 2.50 bits per heavy atom. The number of hydrogen-bond acceptors (Lipinski definition) is 3. The normalized spacial score (nSPS) is 10.7. The van der Waals surface area contributed by atoms with Crippen molar-refractivity contribution in [3.63, 3.8) is 0 Å². The van der Waals surface area contributed by atoms with Gasteiger partial charge in [0.25, 0.3) is 5.91 Å². The van der Waals surface area contributed by atoms with Gasteiger partial charge in [-0.15, -0.1) is 0 Å². The molecule has 2 N–H and O–H groups in total. The second-order valence-electron chi connectivity index (χ2n) is 5.38. The van der Waals surface area contributed by atoms with Crippen molar-refractivity contribution < 1.29 is 15.0 Å². The molecule has 0 aliphatic heterocycles. The molecule has 0 radical (unpaired) electrons. The van der Waals surface area contributed by atoms with Crippen molar-refractivity contribution in [2.24, 2.45) is 0 Å². The van der Waals surface area contributed by atoms with Crippen LogP contribution in [0.1, 0.15) is 35.3 Å². The van der Waals surface area contributed by atoms with E-state index in [1.54, 1.807) is 33.0 Å². The summed E-state index contributed by atoms with van der Waals surface area (Å²) >= 11 is 0. The summed E-state index contributed by atoms with van der Waals surface area (Å²) in [6.45, 7) is 5.16. The van der Waals surface area contributed by atoms with E-state index < -0.39 is 5.54 Å². The van der Waals surface area contributed by atoms with E-state index in [1.807, 2.05) is 13.0 Å². The number of carbonyl (C=O) groups is 1. The number of benzene rings is 1. The summed E-state index contributed by atoms with van der Waals surface area (Å²) in [5, 5.41) is 18.1. The number of aryl methyl sites for hydroxylation is 1. The SMILES string of the molecule is Cc1cc(C#CCO)cc(C(=O)N(C)C(C)(C)CO)c1. The molecule has 0 bridgehead atoms. The first-order valence-corrected chi connectivity index (χ1v) is 6.42. The zero-order chi connectivity index (χ0) is 15.3. The topological polar surface area (TPSA) is 60.8 Å². The third-order valence-corrected chi connectivity index (χ3v) is 3.24. The molecule has 0 spiro atoms. The molecule has 0 saturated heterocycles. The maximum atomic E-state index is 12.4. The smallest absolute Gasteiger partial charge is 0.254 e. The minimum absolute atomic E-state index is 0.113. The first-order chi connectivity index (χ1) is 9.31. The molecular weight excluding hydrogens is 254 g/mol. The molecule has 0 aliphatic carbocycles. The van der Waals surface area contributed by atoms with E-state index >= 15 is 0 Å². The molecule has 20 heavy (non-hydrogen) atoms. The molecule has 108 valence electrons. The maximum Gasteiger partial charge on any atom is 0.254 e. The standard InChI is InChI=1S/C16H21NO3/c1-12-8-13(6-5-7-18)10-14(9-12)15(20)17(4)16(2,3)11-19/h8-10,18-19H,7,11H2,1-4H3. The summed E-state index contributed by atoms with van der Waals surface area (Å²) in [5.74, 6) is 5.20. The molecule has 0 heterocycles. The number of aliphatic hydroxyl groups is 2. The molecule has 0 saturated carbocycles. The Morgan fingerprint density at radius 1 is 1.30 bits per heavy atom. The number of rotatable bonds is 3. The Bertz CT molecular complexity index is 553. The predicted octanol–water partition coefficient (Wildman–Crippen LogP) is 1.18. The van der Waals surface area contributed by atoms with E-state index in [0.29, 0.717) is 11.1 Å². The van der Waals surface area contributed by atoms with Gasteiger partial charge in [-0.05, 0) is 44.5 Å². The van der Waals surface area contributed by atoms with Gasteiger partial charge in [0.2, 0.25) is 0 Å². The molecular formula is C16H21NO3. The molecule has 1 rings (SSSR count). The van der Waals surface area contributed by atoms with Crippen molar-refractivity contribution >= 4 is 5.91 Å². The lowest BCUT2D eigenvalue weighted by atomic mass is 10.0. The van der Waals surface area contributed by atoms with Crippen LogP contribution >= 0.6 is 0 Å². The van der Waals surface area contributed by atoms with Crippen LogP contribution in [-0.4, -0.2) is 46.8 Å². The largest absolute Gasteiger partial charge is 0.394 e. The zero-order valence-electron chi connectivity index (χ0n) is 12.4. The van der Waals surface area contributed by atoms with E-state index in [4.69, 9.17) is 5.11 Å². The second kappa shape index (κ2) is 6.56. The van der Waals surface area contributed by atoms with Crippen molar-refractivity contribution in [1.29, 1.82) is 0 Å². The predicted molar refractivity (Wildman–Crippen MR) is 78.4 cm³/mol. The lowest BCUT2D eigenvalue weighted by Gasteiger charge is -2.34. The molecule has 1 aromatic carbocycles. The van der Waals surface area contributed by atoms with Crippen LogP contribution in [0.3, 0.4) is 0 Å². The highest BCUT2D eigenvalue weighted by atomic mass is 16.3. The van der Waals surface area contributed by atoms with Gasteiger partial charge in [-0.3, -0.25) is 4.79 Å². The minimum atomic E-state index is -0.627. The van der Waals surface area contributed by atoms with Gasteiger partial charge in [0.1, 0.15) is 6.61 Å². The van der Waals surface area contributed by atoms with Gasteiger partial charge in [-0.25, -0.2) is 0 Å². The number of carbonyl (C=O) groups excluding carboxylic acids is 1. The number of hydrogen-bond donors (Lipinski definition) is 2. The Labute approximate surface area is 120 Å². The molecule has 0 fully saturated rings. The summed E-state index contributed by atoms with van der Waals surface area (Å²) in [5.41, 5.74) is 1.51. The highest BCUT2D eigenvalue weighted by molar-refractivity contribution is 5.95. The van der Waals surface area contributed by atoms with Crippen molar-refractivity contribution in [2.75, 3.05) is 20.3 Å². The Balaban J connectivity index is 3.13. The van der Waals surface area contributed by atoms with E-state index in [-0.39, 0.29) is 19.1 Å². The van der Waals surface area contributed by atoms with Crippen LogP contribution in [0.4, 0.5) is 0 Å². The fourth-order valence-electron chi connectivity index (χ4n) is 1.69. The average molecular weight is 275 g/mol. The summed E-state index contributed by atoms with van der Waals surface area (Å²) < 4.78 is 0. The summed E-state index contributed by atoms with van der Waals surface area (Å²) in [6, 6.07) is 5.34. The van der Waals surface area contributed by atoms with Crippen LogP contribution in [0.25, 0.3) is 0 Å². The van der Waals surface area contributed by atoms with Crippen molar-refractivity contribution in [3.05, 3.63) is 34.9 Å². The van der Waals surface area contributed by atoms with Gasteiger partial charge in [-0.2, -0.15) is 0 Å². The molecule has 0 aliphatic rings. The van der Waals surface area contributed by atoms with E-state index in [0.717, 1.165) is 5.56 Å². The van der Waals surface area contributed by atoms with Crippen LogP contribution in [0.2, 0.25) is 0 Å². The number of likely N-dealkylation sites (N-methyl/N-ethyl adjacent to an activating group) is 1. The number of nitrogens with zero attached hydrogens (tertiary/aromatic N) is 1. The van der Waals surface area contributed by atoms with Crippen LogP contribution in [-0.2, 0) is 0 Å². The number of amides is 1. The molecule has 4 heteroatoms. The minimum Gasteiger partial charge on any atom is -0.394 e. The van der Waals surface area contributed by atoms with E-state index in [1.165, 1.54) is 4.90 Å². The van der Waals surface area contributed by atoms with Gasteiger partial charge in [0.15, 0.2) is 0 Å². The molecule has 4 nitrogen and oxygen atoms in total. The molecule has 0 aromatic heterocycles. The van der Waals surface area contributed by atoms with Gasteiger partial charge >= 0.3 is 0 Å². The zero-order valence-corrected chi connectivity index (χ0v) is 12.4. The molecule has 1 amide bonds. The first-order valence-electron chi connectivity index (χ1n) is 6.42. The molecule has 0 unspecified atom stereocenters. The Kier molecular flexibility index (Phi) is 5.32. The first kappa shape index (κ1) is 16.2. The molecule has 0 atom stereocenters. The molecule has 1 aromatic rings. The third-order valence-electron chi connectivity index (χ3n) is 3.24. The lowest BCUT2D eigenvalue weighted by Crippen LogP contribution is -2.47. The van der Waals surface area contributed by atoms with Gasteiger partial charge in [0.05, 0.1) is 12.1 Å². The lowest BCUT2D eigenvalue weighted by molar-refractivity contribution is 0.0473. The Hall–Kier alpha value is -1.83. The van der Waals surface area contributed by atoms with Crippen molar-refractivity contribution in [1.82, 2.24) is 4.90 Å². The van der Waals surface area contributed by atoms with Gasteiger partial charge < -0.3 is 15.1 Å². The number of aliphatic hydroxyl groups excluding tert-OH is 2. The van der Waals surface area contributed by atoms with E-state index in [2.05, 4.69) is 11.8 Å². The Morgan fingerprint density at radius 2 is 1.95 bits per heavy atom. The fraction of sp³-hybridized carbons (Fsp3) is 0.438. The fourth-order valence-corrected chi connectivity index (χ4v) is 1.69. The van der Waals surface area contributed by atoms with Crippen LogP contribution in [0, 0.1) is 18.8 Å². The highest BCUT2D eigenvalue weighted by Crippen LogP contribution is 2.17. The maximum absolute atomic E-state index is 12.4. The summed E-state index contributed by atoms with van der Waals surface area (Å²) in [7, 11) is 1.67. The summed E-state index contributed by atoms with van der Waals surface area (Å²) in [4.78, 5) is 14.0. The van der Waals surface area contributed by atoms with Crippen molar-refractivity contribution in [3.8, 4) is 11.8 Å². The van der Waals surface area contributed by atoms with Crippen molar-refractivity contribution in [2.45, 2.75) is 26.3 Å². The quantitative estimate of drug-likeness (QED) is 0.814. The average Bonchev–Trinajstić information content (AvgIpc) is 2.42. The van der Waals surface area contributed by atoms with E-state index in [9.17, 15) is 9.90 Å². The second-order valence-corrected chi connectivity index (χ2v) is 5.38. The highest BCUT2D eigenvalue weighted by Gasteiger charge is 2.27. The third kappa shape index (κ3) is 3.83. The van der Waals surface area contributed by atoms with Crippen LogP contribution < -0.4 is 0 Å². The van der Waals surface area contributed by atoms with Crippen LogP contribution in [0.15, 0.2) is 18.2 Å².